The molecule has 1 aliphatic rings. The molecule has 0 radical (unpaired) electrons. The van der Waals surface area contributed by atoms with Crippen molar-refractivity contribution in [2.45, 2.75) is 31.7 Å². The number of alkyl halides is 2. The van der Waals surface area contributed by atoms with Crippen molar-refractivity contribution in [1.82, 2.24) is 5.32 Å². The van der Waals surface area contributed by atoms with Crippen molar-refractivity contribution in [2.75, 3.05) is 6.54 Å². The minimum atomic E-state index is -2.52. The van der Waals surface area contributed by atoms with Gasteiger partial charge in [-0.2, -0.15) is 0 Å². The van der Waals surface area contributed by atoms with Crippen molar-refractivity contribution in [3.05, 3.63) is 12.2 Å². The second-order valence-corrected chi connectivity index (χ2v) is 3.76. The second-order valence-electron chi connectivity index (χ2n) is 3.76. The molecule has 14 heavy (non-hydrogen) atoms. The van der Waals surface area contributed by atoms with Crippen LogP contribution in [0.25, 0.3) is 0 Å². The number of guanidine groups is 1. The van der Waals surface area contributed by atoms with Crippen LogP contribution >= 0.6 is 0 Å². The monoisotopic (exact) mass is 203 g/mol. The molecule has 5 heteroatoms. The summed E-state index contributed by atoms with van der Waals surface area (Å²) in [5.74, 6) is -2.31. The van der Waals surface area contributed by atoms with Gasteiger partial charge in [0.1, 0.15) is 0 Å². The van der Waals surface area contributed by atoms with Crippen LogP contribution in [0.1, 0.15) is 19.8 Å². The molecule has 1 saturated carbocycles. The maximum absolute atomic E-state index is 12.4. The molecular weight excluding hydrogens is 188 g/mol. The van der Waals surface area contributed by atoms with Gasteiger partial charge in [0.15, 0.2) is 5.96 Å². The van der Waals surface area contributed by atoms with E-state index in [1.807, 2.05) is 6.92 Å². The molecule has 0 bridgehead atoms. The van der Waals surface area contributed by atoms with Crippen LogP contribution in [0.4, 0.5) is 8.78 Å². The molecule has 0 spiro atoms. The summed E-state index contributed by atoms with van der Waals surface area (Å²) in [6, 6.07) is -0.237. The van der Waals surface area contributed by atoms with Gasteiger partial charge in [0, 0.05) is 18.9 Å². The molecular formula is C9H15F2N3. The Hall–Kier alpha value is -1.13. The normalized spacial score (nSPS) is 21.5. The van der Waals surface area contributed by atoms with Crippen LogP contribution in [0.3, 0.4) is 0 Å². The van der Waals surface area contributed by atoms with E-state index in [2.05, 4.69) is 16.9 Å². The molecule has 1 aliphatic carbocycles. The van der Waals surface area contributed by atoms with Crippen molar-refractivity contribution >= 4 is 5.96 Å². The number of nitrogens with one attached hydrogen (secondary N) is 1. The predicted molar refractivity (Wildman–Crippen MR) is 52.4 cm³/mol. The third-order valence-corrected chi connectivity index (χ3v) is 1.96. The number of nitrogens with two attached hydrogens (primary N) is 1. The molecule has 0 aromatic rings. The fraction of sp³-hybridized carbons (Fsp3) is 0.667. The number of aliphatic imine (C=N–C) groups is 1. The Morgan fingerprint density at radius 3 is 2.64 bits per heavy atom. The van der Waals surface area contributed by atoms with Crippen LogP contribution in [0.15, 0.2) is 17.1 Å². The minimum absolute atomic E-state index is 0.156. The van der Waals surface area contributed by atoms with Crippen LogP contribution in [-0.2, 0) is 0 Å². The van der Waals surface area contributed by atoms with Gasteiger partial charge in [0.2, 0.25) is 0 Å². The SMILES string of the molecule is C=C(C)CN=C(N)NC1CC(F)(F)C1. The lowest BCUT2D eigenvalue weighted by Crippen LogP contribution is -2.52. The van der Waals surface area contributed by atoms with E-state index >= 15 is 0 Å². The molecule has 80 valence electrons. The Balaban J connectivity index is 2.25. The maximum Gasteiger partial charge on any atom is 0.252 e. The van der Waals surface area contributed by atoms with Gasteiger partial charge in [-0.15, -0.1) is 0 Å². The average Bonchev–Trinajstić information content (AvgIpc) is 1.97. The van der Waals surface area contributed by atoms with Gasteiger partial charge in [0.05, 0.1) is 6.54 Å². The van der Waals surface area contributed by atoms with E-state index in [0.29, 0.717) is 6.54 Å². The van der Waals surface area contributed by atoms with Gasteiger partial charge >= 0.3 is 0 Å². The number of hydrogen-bond acceptors (Lipinski definition) is 1. The Morgan fingerprint density at radius 1 is 1.64 bits per heavy atom. The summed E-state index contributed by atoms with van der Waals surface area (Å²) in [5, 5.41) is 2.73. The van der Waals surface area contributed by atoms with E-state index in [1.54, 1.807) is 0 Å². The van der Waals surface area contributed by atoms with Crippen LogP contribution in [0, 0.1) is 0 Å². The largest absolute Gasteiger partial charge is 0.370 e. The lowest BCUT2D eigenvalue weighted by molar-refractivity contribution is -0.0886. The smallest absolute Gasteiger partial charge is 0.252 e. The van der Waals surface area contributed by atoms with Crippen molar-refractivity contribution in [3.63, 3.8) is 0 Å². The Labute approximate surface area is 82.1 Å². The van der Waals surface area contributed by atoms with E-state index in [-0.39, 0.29) is 24.8 Å². The van der Waals surface area contributed by atoms with Gasteiger partial charge in [-0.25, -0.2) is 13.8 Å². The van der Waals surface area contributed by atoms with Gasteiger partial charge in [-0.05, 0) is 6.92 Å². The first kappa shape index (κ1) is 10.9. The van der Waals surface area contributed by atoms with Crippen LogP contribution in [0.2, 0.25) is 0 Å². The zero-order chi connectivity index (χ0) is 10.8. The van der Waals surface area contributed by atoms with E-state index in [1.165, 1.54) is 0 Å². The summed E-state index contributed by atoms with van der Waals surface area (Å²) < 4.78 is 24.8. The number of hydrogen-bond donors (Lipinski definition) is 2. The first-order valence-corrected chi connectivity index (χ1v) is 4.48. The molecule has 1 fully saturated rings. The average molecular weight is 203 g/mol. The Morgan fingerprint density at radius 2 is 2.21 bits per heavy atom. The number of rotatable bonds is 3. The molecule has 0 aliphatic heterocycles. The lowest BCUT2D eigenvalue weighted by Gasteiger charge is -2.35. The molecule has 3 N–H and O–H groups in total. The molecule has 0 atom stereocenters. The van der Waals surface area contributed by atoms with Crippen molar-refractivity contribution < 1.29 is 8.78 Å². The summed E-state index contributed by atoms with van der Waals surface area (Å²) in [7, 11) is 0. The topological polar surface area (TPSA) is 50.4 Å². The Kier molecular flexibility index (Phi) is 3.08. The Bertz CT molecular complexity index is 253. The molecule has 0 heterocycles. The van der Waals surface area contributed by atoms with Gasteiger partial charge in [0.25, 0.3) is 5.92 Å². The highest BCUT2D eigenvalue weighted by Crippen LogP contribution is 2.37. The minimum Gasteiger partial charge on any atom is -0.370 e. The first-order chi connectivity index (χ1) is 6.39. The van der Waals surface area contributed by atoms with Gasteiger partial charge < -0.3 is 11.1 Å². The van der Waals surface area contributed by atoms with E-state index in [9.17, 15) is 8.78 Å². The van der Waals surface area contributed by atoms with E-state index < -0.39 is 5.92 Å². The van der Waals surface area contributed by atoms with Crippen LogP contribution in [0.5, 0.6) is 0 Å². The highest BCUT2D eigenvalue weighted by atomic mass is 19.3. The quantitative estimate of drug-likeness (QED) is 0.412. The predicted octanol–water partition coefficient (Wildman–Crippen LogP) is 1.26. The molecule has 0 aromatic heterocycles. The standard InChI is InChI=1S/C9H15F2N3/c1-6(2)5-13-8(12)14-7-3-9(10,11)4-7/h7H,1,3-5H2,2H3,(H3,12,13,14). The highest BCUT2D eigenvalue weighted by molar-refractivity contribution is 5.78. The number of nitrogens with zero attached hydrogens (tertiary/aromatic N) is 1. The van der Waals surface area contributed by atoms with Crippen LogP contribution in [-0.4, -0.2) is 24.5 Å². The summed E-state index contributed by atoms with van der Waals surface area (Å²) in [5.41, 5.74) is 6.36. The van der Waals surface area contributed by atoms with Crippen molar-refractivity contribution in [1.29, 1.82) is 0 Å². The second kappa shape index (κ2) is 3.94. The molecule has 3 nitrogen and oxygen atoms in total. The first-order valence-electron chi connectivity index (χ1n) is 4.48. The summed E-state index contributed by atoms with van der Waals surface area (Å²) in [6.45, 7) is 5.91. The highest BCUT2D eigenvalue weighted by Gasteiger charge is 2.45. The number of halogens is 2. The van der Waals surface area contributed by atoms with E-state index in [0.717, 1.165) is 5.57 Å². The summed E-state index contributed by atoms with van der Waals surface area (Å²) in [4.78, 5) is 3.93. The third-order valence-electron chi connectivity index (χ3n) is 1.96. The third kappa shape index (κ3) is 3.32. The summed E-state index contributed by atoms with van der Waals surface area (Å²) in [6.07, 6.45) is -0.313. The fourth-order valence-corrected chi connectivity index (χ4v) is 1.24. The zero-order valence-electron chi connectivity index (χ0n) is 8.19. The van der Waals surface area contributed by atoms with Crippen molar-refractivity contribution in [2.24, 2.45) is 10.7 Å². The molecule has 1 rings (SSSR count). The fourth-order valence-electron chi connectivity index (χ4n) is 1.24. The van der Waals surface area contributed by atoms with Crippen molar-refractivity contribution in [3.8, 4) is 0 Å². The van der Waals surface area contributed by atoms with Crippen LogP contribution < -0.4 is 11.1 Å². The maximum atomic E-state index is 12.4. The molecule has 0 saturated heterocycles. The zero-order valence-corrected chi connectivity index (χ0v) is 8.19. The van der Waals surface area contributed by atoms with Gasteiger partial charge in [-0.1, -0.05) is 12.2 Å². The molecule has 0 unspecified atom stereocenters. The molecule has 0 amide bonds. The van der Waals surface area contributed by atoms with Gasteiger partial charge in [-0.3, -0.25) is 0 Å². The van der Waals surface area contributed by atoms with E-state index in [4.69, 9.17) is 5.73 Å². The lowest BCUT2D eigenvalue weighted by atomic mass is 9.88. The summed E-state index contributed by atoms with van der Waals surface area (Å²) >= 11 is 0. The molecule has 0 aromatic carbocycles.